The van der Waals surface area contributed by atoms with Gasteiger partial charge in [0.15, 0.2) is 14.3 Å². The molecule has 6 heteroatoms. The van der Waals surface area contributed by atoms with Gasteiger partial charge in [-0.2, -0.15) is 0 Å². The molecule has 0 aliphatic heterocycles. The fourth-order valence-electron chi connectivity index (χ4n) is 7.26. The summed E-state index contributed by atoms with van der Waals surface area (Å²) in [6, 6.07) is 59.4. The highest BCUT2D eigenvalue weighted by atomic mass is 31.2. The van der Waals surface area contributed by atoms with Crippen molar-refractivity contribution < 1.29 is 9.13 Å². The third-order valence-electron chi connectivity index (χ3n) is 9.52. The summed E-state index contributed by atoms with van der Waals surface area (Å²) in [4.78, 5) is 5.34. The normalized spacial score (nSPS) is 12.2. The first-order valence-electron chi connectivity index (χ1n) is 16.3. The number of rotatable bonds is 6. The van der Waals surface area contributed by atoms with Crippen molar-refractivity contribution >= 4 is 84.5 Å². The van der Waals surface area contributed by atoms with Gasteiger partial charge in [-0.15, -0.1) is 0 Å². The van der Waals surface area contributed by atoms with Crippen LogP contribution in [-0.2, 0) is 9.13 Å². The van der Waals surface area contributed by atoms with Gasteiger partial charge in [0.1, 0.15) is 5.65 Å². The van der Waals surface area contributed by atoms with Gasteiger partial charge >= 0.3 is 0 Å². The summed E-state index contributed by atoms with van der Waals surface area (Å²) >= 11 is 0. The molecule has 0 amide bonds. The maximum absolute atomic E-state index is 15.9. The first-order chi connectivity index (χ1) is 24.1. The molecular weight excluding hydrogens is 638 g/mol. The Morgan fingerprint density at radius 1 is 0.408 bits per heavy atom. The molecule has 0 aliphatic carbocycles. The van der Waals surface area contributed by atoms with Gasteiger partial charge in [0, 0.05) is 42.6 Å². The van der Waals surface area contributed by atoms with Crippen molar-refractivity contribution in [3.05, 3.63) is 182 Å². The number of hydrogen-bond acceptors (Lipinski definition) is 3. The van der Waals surface area contributed by atoms with Gasteiger partial charge in [0.2, 0.25) is 0 Å². The topological polar surface area (TPSA) is 51.4 Å². The van der Waals surface area contributed by atoms with E-state index in [1.807, 2.05) is 164 Å². The molecule has 7 aromatic carbocycles. The lowest BCUT2D eigenvalue weighted by atomic mass is 10.1. The minimum absolute atomic E-state index is 0.717. The Bertz CT molecular complexity index is 2680. The lowest BCUT2D eigenvalue weighted by molar-refractivity contribution is 0.591. The lowest BCUT2D eigenvalue weighted by Gasteiger charge is -2.22. The van der Waals surface area contributed by atoms with Crippen molar-refractivity contribution in [1.82, 2.24) is 9.38 Å². The third-order valence-corrected chi connectivity index (χ3v) is 15.7. The van der Waals surface area contributed by atoms with Crippen LogP contribution in [-0.4, -0.2) is 9.38 Å². The predicted octanol–water partition coefficient (Wildman–Crippen LogP) is 8.07. The first kappa shape index (κ1) is 29.6. The molecule has 0 N–H and O–H groups in total. The fraction of sp³-hybridized carbons (Fsp3) is 0. The van der Waals surface area contributed by atoms with Crippen molar-refractivity contribution in [3.63, 3.8) is 0 Å². The third kappa shape index (κ3) is 4.49. The molecule has 0 aliphatic rings. The number of aromatic nitrogens is 2. The predicted molar refractivity (Wildman–Crippen MR) is 206 cm³/mol. The summed E-state index contributed by atoms with van der Waals surface area (Å²) in [6.45, 7) is 0. The quantitative estimate of drug-likeness (QED) is 0.133. The van der Waals surface area contributed by atoms with Crippen LogP contribution in [0.15, 0.2) is 182 Å². The Labute approximate surface area is 284 Å². The van der Waals surface area contributed by atoms with Gasteiger partial charge in [-0.1, -0.05) is 158 Å². The molecule has 0 radical (unpaired) electrons. The summed E-state index contributed by atoms with van der Waals surface area (Å²) in [6.07, 6.45) is 0. The summed E-state index contributed by atoms with van der Waals surface area (Å²) in [7, 11) is -6.59. The summed E-state index contributed by atoms with van der Waals surface area (Å²) in [5, 5.41) is 7.43. The zero-order valence-electron chi connectivity index (χ0n) is 26.4. The molecule has 0 atom stereocenters. The Kier molecular flexibility index (Phi) is 6.99. The first-order valence-corrected chi connectivity index (χ1v) is 19.7. The second kappa shape index (κ2) is 11.6. The largest absolute Gasteiger partial charge is 0.309 e. The summed E-state index contributed by atoms with van der Waals surface area (Å²) in [5.74, 6) is 0. The lowest BCUT2D eigenvalue weighted by Crippen LogP contribution is -2.25. The van der Waals surface area contributed by atoms with Crippen LogP contribution in [0.2, 0.25) is 0 Å². The molecule has 234 valence electrons. The van der Waals surface area contributed by atoms with E-state index in [1.54, 1.807) is 0 Å². The standard InChI is InChI=1S/C43H30N2O2P2/c46-48(31-16-5-1-6-17-31,32-18-7-2-8-19-32)35-28-29-40-38(30-35)44-43-42-37(36-24-13-14-26-39(36)45(40)43)25-15-27-41(42)49(47,33-20-9-3-10-21-33)34-22-11-4-12-23-34/h1-30H. The van der Waals surface area contributed by atoms with Crippen molar-refractivity contribution in [3.8, 4) is 0 Å². The zero-order valence-corrected chi connectivity index (χ0v) is 28.2. The molecule has 0 bridgehead atoms. The molecule has 4 nitrogen and oxygen atoms in total. The van der Waals surface area contributed by atoms with Gasteiger partial charge in [-0.05, 0) is 29.7 Å². The van der Waals surface area contributed by atoms with Crippen LogP contribution in [0, 0.1) is 0 Å². The smallest absolute Gasteiger partial charge is 0.171 e. The molecule has 0 unspecified atom stereocenters. The second-order valence-corrected chi connectivity index (χ2v) is 17.7. The highest BCUT2D eigenvalue weighted by Gasteiger charge is 2.34. The van der Waals surface area contributed by atoms with Gasteiger partial charge in [-0.25, -0.2) is 4.98 Å². The van der Waals surface area contributed by atoms with Crippen LogP contribution < -0.4 is 31.8 Å². The van der Waals surface area contributed by atoms with Crippen LogP contribution >= 0.6 is 14.3 Å². The van der Waals surface area contributed by atoms with Crippen molar-refractivity contribution in [2.45, 2.75) is 0 Å². The van der Waals surface area contributed by atoms with Gasteiger partial charge in [-0.3, -0.25) is 4.40 Å². The van der Waals surface area contributed by atoms with E-state index in [1.165, 1.54) is 0 Å². The van der Waals surface area contributed by atoms with E-state index in [-0.39, 0.29) is 0 Å². The van der Waals surface area contributed by atoms with Crippen LogP contribution in [0.4, 0.5) is 0 Å². The van der Waals surface area contributed by atoms with Gasteiger partial charge < -0.3 is 9.13 Å². The highest BCUT2D eigenvalue weighted by Crippen LogP contribution is 2.47. The van der Waals surface area contributed by atoms with E-state index in [0.717, 1.165) is 64.9 Å². The summed E-state index contributed by atoms with van der Waals surface area (Å²) in [5.41, 5.74) is 3.35. The van der Waals surface area contributed by atoms with Gasteiger partial charge in [0.05, 0.1) is 16.6 Å². The van der Waals surface area contributed by atoms with Crippen molar-refractivity contribution in [2.75, 3.05) is 0 Å². The average Bonchev–Trinajstić information content (AvgIpc) is 3.58. The maximum atomic E-state index is 15.9. The van der Waals surface area contributed by atoms with E-state index in [4.69, 9.17) is 4.98 Å². The van der Waals surface area contributed by atoms with Crippen LogP contribution in [0.25, 0.3) is 38.4 Å². The van der Waals surface area contributed by atoms with E-state index < -0.39 is 14.3 Å². The SMILES string of the molecule is O=P(c1ccccc1)(c1ccccc1)c1ccc2c(c1)nc1c3c(P(=O)(c4ccccc4)c4ccccc4)cccc3c3ccccc3n21. The van der Waals surface area contributed by atoms with Gasteiger partial charge in [0.25, 0.3) is 0 Å². The molecule has 2 aromatic heterocycles. The van der Waals surface area contributed by atoms with Crippen LogP contribution in [0.3, 0.4) is 0 Å². The molecule has 49 heavy (non-hydrogen) atoms. The molecule has 0 saturated heterocycles. The van der Waals surface area contributed by atoms with Crippen LogP contribution in [0.1, 0.15) is 0 Å². The molecule has 9 aromatic rings. The Morgan fingerprint density at radius 3 is 1.47 bits per heavy atom. The monoisotopic (exact) mass is 668 g/mol. The number of benzene rings is 7. The molecule has 9 rings (SSSR count). The zero-order chi connectivity index (χ0) is 33.0. The fourth-order valence-corrected chi connectivity index (χ4v) is 12.8. The number of imidazole rings is 1. The molecule has 2 heterocycles. The molecule has 0 saturated carbocycles. The van der Waals surface area contributed by atoms with Crippen molar-refractivity contribution in [1.29, 1.82) is 0 Å². The number of fused-ring (bicyclic) bond motifs is 8. The number of hydrogen-bond donors (Lipinski definition) is 0. The highest BCUT2D eigenvalue weighted by molar-refractivity contribution is 7.86. The maximum Gasteiger partial charge on any atom is 0.171 e. The molecule has 0 fully saturated rings. The summed E-state index contributed by atoms with van der Waals surface area (Å²) < 4.78 is 33.4. The van der Waals surface area contributed by atoms with E-state index in [2.05, 4.69) is 22.6 Å². The van der Waals surface area contributed by atoms with E-state index >= 15 is 9.13 Å². The average molecular weight is 669 g/mol. The number of para-hydroxylation sites is 1. The minimum Gasteiger partial charge on any atom is -0.309 e. The van der Waals surface area contributed by atoms with E-state index in [0.29, 0.717) is 5.30 Å². The van der Waals surface area contributed by atoms with E-state index in [9.17, 15) is 0 Å². The minimum atomic E-state index is -3.36. The number of nitrogens with zero attached hydrogens (tertiary/aromatic N) is 2. The molecule has 0 spiro atoms. The number of pyridine rings is 1. The second-order valence-electron chi connectivity index (χ2n) is 12.2. The Balaban J connectivity index is 1.40. The Hall–Kier alpha value is -5.53. The van der Waals surface area contributed by atoms with Crippen molar-refractivity contribution in [2.24, 2.45) is 0 Å². The molecular formula is C43H30N2O2P2. The Morgan fingerprint density at radius 2 is 0.898 bits per heavy atom. The van der Waals surface area contributed by atoms with Crippen LogP contribution in [0.5, 0.6) is 0 Å².